The van der Waals surface area contributed by atoms with Gasteiger partial charge in [0.25, 0.3) is 6.01 Å². The summed E-state index contributed by atoms with van der Waals surface area (Å²) in [6, 6.07) is 22.3. The highest BCUT2D eigenvalue weighted by molar-refractivity contribution is 6.34. The smallest absolute Gasteiger partial charge is 0.295 e. The second kappa shape index (κ2) is 9.40. The minimum absolute atomic E-state index is 0.174. The first-order chi connectivity index (χ1) is 17.6. The molecule has 3 atom stereocenters. The molecule has 3 aromatic carbocycles. The normalized spacial score (nSPS) is 19.7. The van der Waals surface area contributed by atoms with Gasteiger partial charge in [-0.25, -0.2) is 4.68 Å². The van der Waals surface area contributed by atoms with Gasteiger partial charge in [0.2, 0.25) is 0 Å². The number of hydrogen-bond donors (Lipinski definition) is 3. The topological polar surface area (TPSA) is 105 Å². The molecule has 0 radical (unpaired) electrons. The van der Waals surface area contributed by atoms with E-state index in [1.165, 1.54) is 0 Å². The number of aliphatic hydroxyl groups is 2. The van der Waals surface area contributed by atoms with Gasteiger partial charge in [0.05, 0.1) is 35.0 Å². The summed E-state index contributed by atoms with van der Waals surface area (Å²) >= 11 is 6.62. The number of nitrogens with one attached hydrogen (secondary N) is 1. The first kappa shape index (κ1) is 22.8. The lowest BCUT2D eigenvalue weighted by atomic mass is 10.00. The van der Waals surface area contributed by atoms with Crippen molar-refractivity contribution in [2.24, 2.45) is 0 Å². The molecule has 1 aliphatic heterocycles. The number of H-pyrrole nitrogens is 1. The quantitative estimate of drug-likeness (QED) is 0.321. The zero-order chi connectivity index (χ0) is 24.6. The van der Waals surface area contributed by atoms with E-state index in [1.807, 2.05) is 53.3 Å². The molecule has 0 amide bonds. The molecule has 3 N–H and O–H groups in total. The van der Waals surface area contributed by atoms with E-state index in [0.717, 1.165) is 33.5 Å². The third-order valence-electron chi connectivity index (χ3n) is 6.39. The van der Waals surface area contributed by atoms with Gasteiger partial charge in [-0.3, -0.25) is 0 Å². The highest BCUT2D eigenvalue weighted by Gasteiger charge is 2.37. The molecular formula is C27H23ClN4O4. The lowest BCUT2D eigenvalue weighted by Gasteiger charge is -2.15. The summed E-state index contributed by atoms with van der Waals surface area (Å²) in [5.74, 6) is 0. The number of ether oxygens (including phenoxy) is 2. The van der Waals surface area contributed by atoms with Crippen molar-refractivity contribution in [2.45, 2.75) is 18.3 Å². The molecule has 0 saturated carbocycles. The summed E-state index contributed by atoms with van der Waals surface area (Å²) < 4.78 is 13.0. The highest BCUT2D eigenvalue weighted by atomic mass is 35.5. The van der Waals surface area contributed by atoms with E-state index in [1.54, 1.807) is 6.20 Å². The van der Waals surface area contributed by atoms with Crippen molar-refractivity contribution in [1.29, 1.82) is 0 Å². The van der Waals surface area contributed by atoms with E-state index in [2.05, 4.69) is 39.3 Å². The lowest BCUT2D eigenvalue weighted by molar-refractivity contribution is -0.00390. The monoisotopic (exact) mass is 502 g/mol. The number of aromatic nitrogens is 4. The van der Waals surface area contributed by atoms with Crippen LogP contribution >= 0.6 is 11.6 Å². The van der Waals surface area contributed by atoms with Gasteiger partial charge >= 0.3 is 0 Å². The van der Waals surface area contributed by atoms with Gasteiger partial charge in [-0.1, -0.05) is 48.0 Å². The average Bonchev–Trinajstić information content (AvgIpc) is 3.65. The Morgan fingerprint density at radius 3 is 2.44 bits per heavy atom. The van der Waals surface area contributed by atoms with Gasteiger partial charge < -0.3 is 24.7 Å². The molecule has 182 valence electrons. The Balaban J connectivity index is 1.22. The Bertz CT molecular complexity index is 1480. The SMILES string of the molecule is OC[C@H]1OCC(Oc2nc3cc(-c4ccc(-c5ccc(-n6cccn6)cc5)cc4)c(Cl)cc3[nH]2)[C@@H]1O. The number of hydrogen-bond acceptors (Lipinski definition) is 6. The second-order valence-corrected chi connectivity index (χ2v) is 9.07. The van der Waals surface area contributed by atoms with Crippen molar-refractivity contribution in [3.05, 3.63) is 84.1 Å². The minimum atomic E-state index is -0.928. The second-order valence-electron chi connectivity index (χ2n) is 8.67. The summed E-state index contributed by atoms with van der Waals surface area (Å²) in [5, 5.41) is 24.3. The van der Waals surface area contributed by atoms with Crippen LogP contribution in [0.25, 0.3) is 39.0 Å². The summed E-state index contributed by atoms with van der Waals surface area (Å²) in [6.45, 7) is -0.0940. The standard InChI is InChI=1S/C27H23ClN4O4/c28-21-13-23-22(30-27(31-23)36-25-15-35-24(14-33)26(25)34)12-20(21)18-4-2-16(3-5-18)17-6-8-19(9-7-17)32-11-1-10-29-32/h1-13,24-26,33-34H,14-15H2,(H,30,31)/t24-,25?,26-/m1/s1. The predicted octanol–water partition coefficient (Wildman–Crippen LogP) is 4.24. The van der Waals surface area contributed by atoms with Crippen molar-refractivity contribution >= 4 is 22.6 Å². The Morgan fingerprint density at radius 1 is 1.06 bits per heavy atom. The van der Waals surface area contributed by atoms with Crippen molar-refractivity contribution in [2.75, 3.05) is 13.2 Å². The summed E-state index contributed by atoms with van der Waals surface area (Å²) in [4.78, 5) is 7.60. The fourth-order valence-electron chi connectivity index (χ4n) is 4.42. The third-order valence-corrected chi connectivity index (χ3v) is 6.71. The summed E-state index contributed by atoms with van der Waals surface area (Å²) in [6.07, 6.45) is 1.48. The van der Waals surface area contributed by atoms with Crippen LogP contribution in [0.2, 0.25) is 5.02 Å². The molecule has 5 aromatic rings. The molecule has 9 heteroatoms. The number of halogens is 1. The van der Waals surface area contributed by atoms with Crippen molar-refractivity contribution in [3.8, 4) is 34.0 Å². The van der Waals surface area contributed by atoms with Crippen molar-refractivity contribution in [1.82, 2.24) is 19.7 Å². The molecule has 1 saturated heterocycles. The molecule has 0 aliphatic carbocycles. The maximum Gasteiger partial charge on any atom is 0.295 e. The molecule has 36 heavy (non-hydrogen) atoms. The van der Waals surface area contributed by atoms with Crippen molar-refractivity contribution in [3.63, 3.8) is 0 Å². The Hall–Kier alpha value is -3.69. The van der Waals surface area contributed by atoms with Gasteiger partial charge in [-0.2, -0.15) is 10.1 Å². The third kappa shape index (κ3) is 4.25. The number of aliphatic hydroxyl groups excluding tert-OH is 2. The van der Waals surface area contributed by atoms with Crippen LogP contribution in [-0.2, 0) is 4.74 Å². The first-order valence-electron chi connectivity index (χ1n) is 11.6. The zero-order valence-corrected chi connectivity index (χ0v) is 19.8. The summed E-state index contributed by atoms with van der Waals surface area (Å²) in [7, 11) is 0. The van der Waals surface area contributed by atoms with Crippen LogP contribution in [0.1, 0.15) is 0 Å². The maximum atomic E-state index is 10.2. The van der Waals surface area contributed by atoms with Gasteiger partial charge in [0, 0.05) is 18.0 Å². The fraction of sp³-hybridized carbons (Fsp3) is 0.185. The van der Waals surface area contributed by atoms with E-state index < -0.39 is 18.3 Å². The van der Waals surface area contributed by atoms with E-state index in [9.17, 15) is 10.2 Å². The fourth-order valence-corrected chi connectivity index (χ4v) is 4.69. The molecule has 3 heterocycles. The van der Waals surface area contributed by atoms with Crippen LogP contribution < -0.4 is 4.74 Å². The molecular weight excluding hydrogens is 480 g/mol. The van der Waals surface area contributed by atoms with Gasteiger partial charge in [0.15, 0.2) is 6.10 Å². The van der Waals surface area contributed by atoms with Gasteiger partial charge in [-0.05, 0) is 47.0 Å². The van der Waals surface area contributed by atoms with Crippen LogP contribution in [0, 0.1) is 0 Å². The van der Waals surface area contributed by atoms with Crippen LogP contribution in [-0.4, -0.2) is 61.5 Å². The number of nitrogens with zero attached hydrogens (tertiary/aromatic N) is 3. The van der Waals surface area contributed by atoms with Gasteiger partial charge in [-0.15, -0.1) is 0 Å². The maximum absolute atomic E-state index is 10.2. The van der Waals surface area contributed by atoms with Crippen LogP contribution in [0.5, 0.6) is 6.01 Å². The zero-order valence-electron chi connectivity index (χ0n) is 19.1. The van der Waals surface area contributed by atoms with Crippen molar-refractivity contribution < 1.29 is 19.7 Å². The lowest BCUT2D eigenvalue weighted by Crippen LogP contribution is -2.36. The number of imidazole rings is 1. The number of benzene rings is 3. The van der Waals surface area contributed by atoms with E-state index in [0.29, 0.717) is 10.5 Å². The molecule has 6 rings (SSSR count). The van der Waals surface area contributed by atoms with Crippen LogP contribution in [0.4, 0.5) is 0 Å². The Kier molecular flexibility index (Phi) is 5.94. The highest BCUT2D eigenvalue weighted by Crippen LogP contribution is 2.34. The molecule has 0 bridgehead atoms. The Morgan fingerprint density at radius 2 is 1.78 bits per heavy atom. The Labute approximate surface area is 211 Å². The minimum Gasteiger partial charge on any atom is -0.456 e. The molecule has 2 aromatic heterocycles. The van der Waals surface area contributed by atoms with Gasteiger partial charge in [0.1, 0.15) is 12.2 Å². The first-order valence-corrected chi connectivity index (χ1v) is 11.9. The average molecular weight is 503 g/mol. The van der Waals surface area contributed by atoms with Crippen LogP contribution in [0.3, 0.4) is 0 Å². The molecule has 1 unspecified atom stereocenters. The molecule has 1 fully saturated rings. The largest absolute Gasteiger partial charge is 0.456 e. The molecule has 0 spiro atoms. The van der Waals surface area contributed by atoms with E-state index >= 15 is 0 Å². The van der Waals surface area contributed by atoms with Crippen LogP contribution in [0.15, 0.2) is 79.1 Å². The molecule has 8 nitrogen and oxygen atoms in total. The predicted molar refractivity (Wildman–Crippen MR) is 136 cm³/mol. The number of fused-ring (bicyclic) bond motifs is 1. The summed E-state index contributed by atoms with van der Waals surface area (Å²) in [5.41, 5.74) is 6.44. The number of rotatable bonds is 6. The van der Waals surface area contributed by atoms with E-state index in [4.69, 9.17) is 21.1 Å². The molecule has 1 aliphatic rings. The number of aromatic amines is 1. The van der Waals surface area contributed by atoms with E-state index in [-0.39, 0.29) is 19.2 Å².